The van der Waals surface area contributed by atoms with Gasteiger partial charge in [-0.25, -0.2) is 4.79 Å². The van der Waals surface area contributed by atoms with Gasteiger partial charge in [-0.1, -0.05) is 33.1 Å². The van der Waals surface area contributed by atoms with Gasteiger partial charge < -0.3 is 24.4 Å². The van der Waals surface area contributed by atoms with Crippen molar-refractivity contribution in [2.45, 2.75) is 78.4 Å². The molecule has 0 unspecified atom stereocenters. The van der Waals surface area contributed by atoms with Crippen molar-refractivity contribution >= 4 is 22.8 Å². The second-order valence-electron chi connectivity index (χ2n) is 7.54. The summed E-state index contributed by atoms with van der Waals surface area (Å²) in [5.41, 5.74) is 1.56. The van der Waals surface area contributed by atoms with Gasteiger partial charge in [0, 0.05) is 17.0 Å². The molecule has 7 heteroatoms. The molecular formula is C23H30NO6-. The van der Waals surface area contributed by atoms with E-state index in [2.05, 4.69) is 12.2 Å². The van der Waals surface area contributed by atoms with Gasteiger partial charge in [0.2, 0.25) is 0 Å². The van der Waals surface area contributed by atoms with Crippen LogP contribution in [0.2, 0.25) is 0 Å². The highest BCUT2D eigenvalue weighted by Gasteiger charge is 2.21. The van der Waals surface area contributed by atoms with Crippen molar-refractivity contribution in [2.24, 2.45) is 0 Å². The Bertz CT molecular complexity index is 949. The lowest BCUT2D eigenvalue weighted by molar-refractivity contribution is -0.308. The normalized spacial score (nSPS) is 13.1. The minimum absolute atomic E-state index is 0.304. The summed E-state index contributed by atoms with van der Waals surface area (Å²) in [6.45, 7) is 7.33. The molecule has 2 rings (SSSR count). The first-order valence-corrected chi connectivity index (χ1v) is 10.5. The van der Waals surface area contributed by atoms with Gasteiger partial charge in [-0.3, -0.25) is 4.79 Å². The summed E-state index contributed by atoms with van der Waals surface area (Å²) in [6.07, 6.45) is 3.60. The van der Waals surface area contributed by atoms with Crippen molar-refractivity contribution < 1.29 is 23.8 Å². The molecule has 1 amide bonds. The number of nitrogens with one attached hydrogen (secondary N) is 1. The number of benzene rings is 1. The molecule has 2 aromatic rings. The van der Waals surface area contributed by atoms with Crippen LogP contribution in [0.4, 0.5) is 0 Å². The second-order valence-corrected chi connectivity index (χ2v) is 7.54. The second kappa shape index (κ2) is 10.8. The van der Waals surface area contributed by atoms with E-state index in [1.165, 1.54) is 6.07 Å². The molecule has 1 aromatic carbocycles. The predicted molar refractivity (Wildman–Crippen MR) is 112 cm³/mol. The van der Waals surface area contributed by atoms with E-state index in [1.807, 2.05) is 13.0 Å². The van der Waals surface area contributed by atoms with E-state index in [0.29, 0.717) is 29.7 Å². The Kier molecular flexibility index (Phi) is 8.45. The monoisotopic (exact) mass is 416 g/mol. The first-order chi connectivity index (χ1) is 14.3. The fourth-order valence-corrected chi connectivity index (χ4v) is 3.30. The lowest BCUT2D eigenvalue weighted by Gasteiger charge is -2.23. The number of carbonyl (C=O) groups is 2. The molecule has 30 heavy (non-hydrogen) atoms. The van der Waals surface area contributed by atoms with E-state index >= 15 is 0 Å². The number of carbonyl (C=O) groups excluding carboxylic acids is 2. The molecule has 0 saturated carbocycles. The zero-order valence-electron chi connectivity index (χ0n) is 18.1. The Morgan fingerprint density at radius 2 is 1.90 bits per heavy atom. The number of rotatable bonds is 11. The smallest absolute Gasteiger partial charge is 0.336 e. The zero-order valence-corrected chi connectivity index (χ0v) is 18.1. The quantitative estimate of drug-likeness (QED) is 0.564. The van der Waals surface area contributed by atoms with Gasteiger partial charge in [0.25, 0.3) is 5.91 Å². The minimum Gasteiger partial charge on any atom is -0.548 e. The molecule has 0 bridgehead atoms. The maximum Gasteiger partial charge on any atom is 0.336 e. The van der Waals surface area contributed by atoms with Gasteiger partial charge >= 0.3 is 5.63 Å². The first kappa shape index (κ1) is 23.4. The molecule has 0 spiro atoms. The predicted octanol–water partition coefficient (Wildman–Crippen LogP) is 2.64. The van der Waals surface area contributed by atoms with Crippen molar-refractivity contribution in [3.63, 3.8) is 0 Å². The van der Waals surface area contributed by atoms with E-state index < -0.39 is 29.6 Å². The SMILES string of the molecule is CCCCc1cc(=O)oc2c(C)c(O[C@@H](C)C(=O)N[C@H](CCCC)C(=O)[O-])ccc12. The van der Waals surface area contributed by atoms with E-state index in [1.54, 1.807) is 19.9 Å². The molecule has 0 radical (unpaired) electrons. The number of aliphatic carboxylic acids is 1. The number of carboxylic acid groups (broad SMARTS) is 1. The highest BCUT2D eigenvalue weighted by Crippen LogP contribution is 2.29. The molecule has 2 atom stereocenters. The summed E-state index contributed by atoms with van der Waals surface area (Å²) >= 11 is 0. The summed E-state index contributed by atoms with van der Waals surface area (Å²) in [4.78, 5) is 35.7. The summed E-state index contributed by atoms with van der Waals surface area (Å²) in [6, 6.07) is 4.02. The third-order valence-electron chi connectivity index (χ3n) is 5.12. The molecule has 1 N–H and O–H groups in total. The van der Waals surface area contributed by atoms with Gasteiger partial charge in [0.05, 0.1) is 12.0 Å². The van der Waals surface area contributed by atoms with Crippen molar-refractivity contribution in [1.29, 1.82) is 0 Å². The molecule has 1 aromatic heterocycles. The fourth-order valence-electron chi connectivity index (χ4n) is 3.30. The third kappa shape index (κ3) is 5.84. The topological polar surface area (TPSA) is 109 Å². The summed E-state index contributed by atoms with van der Waals surface area (Å²) in [5.74, 6) is -1.45. The molecule has 1 heterocycles. The number of aryl methyl sites for hydroxylation is 2. The standard InChI is InChI=1S/C23H31NO6/c1-5-7-9-16-13-20(25)30-21-14(3)19(12-11-17(16)21)29-15(4)22(26)24-18(23(27)28)10-8-6-2/h11-13,15,18H,5-10H2,1-4H3,(H,24,26)(H,27,28)/p-1/t15-,18+/m0/s1. The molecule has 0 aliphatic heterocycles. The minimum atomic E-state index is -1.31. The maximum absolute atomic E-state index is 12.4. The summed E-state index contributed by atoms with van der Waals surface area (Å²) < 4.78 is 11.2. The highest BCUT2D eigenvalue weighted by atomic mass is 16.5. The van der Waals surface area contributed by atoms with Gasteiger partial charge in [0.1, 0.15) is 11.3 Å². The Morgan fingerprint density at radius 1 is 1.20 bits per heavy atom. The molecule has 164 valence electrons. The van der Waals surface area contributed by atoms with Crippen LogP contribution in [-0.4, -0.2) is 24.0 Å². The van der Waals surface area contributed by atoms with E-state index in [-0.39, 0.29) is 0 Å². The Balaban J connectivity index is 2.22. The van der Waals surface area contributed by atoms with Crippen molar-refractivity contribution in [1.82, 2.24) is 5.32 Å². The molecule has 0 aliphatic rings. The number of amides is 1. The molecule has 0 fully saturated rings. The van der Waals surface area contributed by atoms with Crippen LogP contribution in [0.15, 0.2) is 27.4 Å². The van der Waals surface area contributed by atoms with Crippen molar-refractivity contribution in [3.8, 4) is 5.75 Å². The van der Waals surface area contributed by atoms with Crippen LogP contribution < -0.4 is 20.8 Å². The Morgan fingerprint density at radius 3 is 2.53 bits per heavy atom. The van der Waals surface area contributed by atoms with Gasteiger partial charge in [-0.15, -0.1) is 0 Å². The Hall–Kier alpha value is -2.83. The van der Waals surface area contributed by atoms with E-state index in [4.69, 9.17) is 9.15 Å². The summed E-state index contributed by atoms with van der Waals surface area (Å²) in [5, 5.41) is 14.6. The van der Waals surface area contributed by atoms with Crippen LogP contribution in [0.1, 0.15) is 64.0 Å². The lowest BCUT2D eigenvalue weighted by Crippen LogP contribution is -2.51. The average Bonchev–Trinajstić information content (AvgIpc) is 2.71. The number of ether oxygens (including phenoxy) is 1. The van der Waals surface area contributed by atoms with E-state index in [9.17, 15) is 19.5 Å². The average molecular weight is 416 g/mol. The van der Waals surface area contributed by atoms with Crippen molar-refractivity contribution in [2.75, 3.05) is 0 Å². The van der Waals surface area contributed by atoms with Gasteiger partial charge in [-0.2, -0.15) is 0 Å². The van der Waals surface area contributed by atoms with Gasteiger partial charge in [0.15, 0.2) is 6.10 Å². The Labute approximate surface area is 176 Å². The number of hydrogen-bond donors (Lipinski definition) is 1. The van der Waals surface area contributed by atoms with Crippen LogP contribution in [0.3, 0.4) is 0 Å². The van der Waals surface area contributed by atoms with Crippen LogP contribution in [0, 0.1) is 6.92 Å². The largest absolute Gasteiger partial charge is 0.548 e. The number of unbranched alkanes of at least 4 members (excludes halogenated alkanes) is 2. The van der Waals surface area contributed by atoms with Crippen LogP contribution in [-0.2, 0) is 16.0 Å². The fraction of sp³-hybridized carbons (Fsp3) is 0.522. The first-order valence-electron chi connectivity index (χ1n) is 10.5. The van der Waals surface area contributed by atoms with Gasteiger partial charge in [-0.05, 0) is 50.8 Å². The molecule has 0 aliphatic carbocycles. The third-order valence-corrected chi connectivity index (χ3v) is 5.12. The maximum atomic E-state index is 12.4. The molecule has 0 saturated heterocycles. The van der Waals surface area contributed by atoms with Crippen LogP contribution >= 0.6 is 0 Å². The number of carboxylic acids is 1. The number of hydrogen-bond acceptors (Lipinski definition) is 6. The lowest BCUT2D eigenvalue weighted by atomic mass is 10.0. The van der Waals surface area contributed by atoms with Crippen molar-refractivity contribution in [3.05, 3.63) is 39.7 Å². The zero-order chi connectivity index (χ0) is 22.3. The highest BCUT2D eigenvalue weighted by molar-refractivity contribution is 5.87. The number of fused-ring (bicyclic) bond motifs is 1. The molecule has 7 nitrogen and oxygen atoms in total. The summed E-state index contributed by atoms with van der Waals surface area (Å²) in [7, 11) is 0. The van der Waals surface area contributed by atoms with Crippen LogP contribution in [0.5, 0.6) is 5.75 Å². The van der Waals surface area contributed by atoms with E-state index in [0.717, 1.165) is 36.6 Å². The van der Waals surface area contributed by atoms with Crippen LogP contribution in [0.25, 0.3) is 11.0 Å². The molecular weight excluding hydrogens is 386 g/mol.